The van der Waals surface area contributed by atoms with E-state index in [0.29, 0.717) is 23.8 Å². The van der Waals surface area contributed by atoms with Crippen LogP contribution in [0.5, 0.6) is 0 Å². The van der Waals surface area contributed by atoms with E-state index in [9.17, 15) is 21.6 Å². The molecule has 2 aliphatic heterocycles. The summed E-state index contributed by atoms with van der Waals surface area (Å²) in [6.07, 6.45) is 4.59. The number of carbonyl (C=O) groups excluding carboxylic acids is 1. The molecule has 1 amide bonds. The van der Waals surface area contributed by atoms with E-state index >= 15 is 0 Å². The van der Waals surface area contributed by atoms with Crippen molar-refractivity contribution in [2.45, 2.75) is 35.5 Å². The molecule has 12 nitrogen and oxygen atoms in total. The van der Waals surface area contributed by atoms with Crippen LogP contribution < -0.4 is 19.7 Å². The van der Waals surface area contributed by atoms with Crippen LogP contribution in [0.1, 0.15) is 24.3 Å². The lowest BCUT2D eigenvalue weighted by Gasteiger charge is -2.26. The lowest BCUT2D eigenvalue weighted by molar-refractivity contribution is -0.131. The molecule has 0 atom stereocenters. The van der Waals surface area contributed by atoms with Crippen LogP contribution in [0.3, 0.4) is 0 Å². The van der Waals surface area contributed by atoms with Crippen molar-refractivity contribution in [1.29, 1.82) is 0 Å². The lowest BCUT2D eigenvalue weighted by atomic mass is 10.0. The third kappa shape index (κ3) is 6.60. The van der Waals surface area contributed by atoms with Gasteiger partial charge in [0.2, 0.25) is 21.1 Å². The molecule has 0 radical (unpaired) electrons. The quantitative estimate of drug-likeness (QED) is 0.281. The van der Waals surface area contributed by atoms with Crippen LogP contribution in [0.25, 0.3) is 11.1 Å². The maximum atomic E-state index is 13.6. The average molecular weight is 711 g/mol. The van der Waals surface area contributed by atoms with Gasteiger partial charge in [-0.2, -0.15) is 0 Å². The molecular formula is C23H22Cl3N7O5S4. The van der Waals surface area contributed by atoms with E-state index in [4.69, 9.17) is 39.9 Å². The minimum atomic E-state index is -4.48. The fourth-order valence-corrected chi connectivity index (χ4v) is 9.26. The summed E-state index contributed by atoms with van der Waals surface area (Å²) in [4.78, 5) is 13.6. The number of nitrogens with one attached hydrogen (secondary N) is 2. The van der Waals surface area contributed by atoms with Gasteiger partial charge < -0.3 is 4.90 Å². The minimum Gasteiger partial charge on any atom is -0.342 e. The van der Waals surface area contributed by atoms with Crippen LogP contribution in [0.15, 0.2) is 45.7 Å². The number of halogens is 3. The van der Waals surface area contributed by atoms with Gasteiger partial charge in [-0.3, -0.25) is 14.9 Å². The third-order valence-electron chi connectivity index (χ3n) is 6.31. The first-order valence-corrected chi connectivity index (χ1v) is 18.0. The number of nitrogens with zero attached hydrogens (tertiary/aromatic N) is 4. The summed E-state index contributed by atoms with van der Waals surface area (Å²) >= 11 is 21.7. The number of benzene rings is 2. The number of aromatic nitrogens is 2. The average Bonchev–Trinajstić information content (AvgIpc) is 3.60. The topological polar surface area (TPSA) is 168 Å². The monoisotopic (exact) mass is 709 g/mol. The van der Waals surface area contributed by atoms with Crippen molar-refractivity contribution >= 4 is 94.9 Å². The summed E-state index contributed by atoms with van der Waals surface area (Å²) in [7, 11) is -8.62. The van der Waals surface area contributed by atoms with E-state index in [0.717, 1.165) is 30.6 Å². The predicted octanol–water partition coefficient (Wildman–Crippen LogP) is 4.61. The number of piperidine rings is 1. The molecule has 42 heavy (non-hydrogen) atoms. The molecule has 2 aliphatic rings. The fraction of sp³-hybridized carbons (Fsp3) is 0.261. The summed E-state index contributed by atoms with van der Waals surface area (Å²) in [5, 5.41) is 14.5. The van der Waals surface area contributed by atoms with E-state index in [1.807, 2.05) is 0 Å². The zero-order chi connectivity index (χ0) is 30.2. The number of hydrogen-bond donors (Lipinski definition) is 3. The number of hydrogen-bond acceptors (Lipinski definition) is 11. The minimum absolute atomic E-state index is 0.00277. The molecule has 1 fully saturated rings. The van der Waals surface area contributed by atoms with Gasteiger partial charge >= 0.3 is 0 Å². The van der Waals surface area contributed by atoms with Crippen molar-refractivity contribution in [3.05, 3.63) is 55.9 Å². The van der Waals surface area contributed by atoms with Crippen molar-refractivity contribution in [1.82, 2.24) is 20.5 Å². The van der Waals surface area contributed by atoms with Gasteiger partial charge in [0.1, 0.15) is 9.90 Å². The Bertz CT molecular complexity index is 1790. The molecule has 1 saturated heterocycles. The highest BCUT2D eigenvalue weighted by Crippen LogP contribution is 2.47. The van der Waals surface area contributed by atoms with E-state index < -0.39 is 24.9 Å². The molecule has 3 heterocycles. The van der Waals surface area contributed by atoms with Gasteiger partial charge in [-0.1, -0.05) is 46.1 Å². The predicted molar refractivity (Wildman–Crippen MR) is 165 cm³/mol. The summed E-state index contributed by atoms with van der Waals surface area (Å²) in [5.74, 6) is -0.105. The first-order valence-electron chi connectivity index (χ1n) is 12.2. The summed E-state index contributed by atoms with van der Waals surface area (Å²) < 4.78 is 55.4. The molecule has 224 valence electrons. The van der Waals surface area contributed by atoms with Gasteiger partial charge in [0.25, 0.3) is 10.0 Å². The van der Waals surface area contributed by atoms with Gasteiger partial charge in [-0.25, -0.2) is 26.4 Å². The second kappa shape index (κ2) is 12.4. The number of hydrazine groups is 1. The Morgan fingerprint density at radius 3 is 2.45 bits per heavy atom. The Kier molecular flexibility index (Phi) is 9.16. The molecule has 1 aromatic heterocycles. The molecule has 2 aromatic carbocycles. The molecule has 0 saturated carbocycles. The second-order valence-corrected chi connectivity index (χ2v) is 15.4. The lowest BCUT2D eigenvalue weighted by Crippen LogP contribution is -2.36. The Morgan fingerprint density at radius 1 is 1.05 bits per heavy atom. The van der Waals surface area contributed by atoms with E-state index in [1.165, 1.54) is 36.2 Å². The number of likely N-dealkylation sites (tertiary alicyclic amines) is 1. The van der Waals surface area contributed by atoms with E-state index in [-0.39, 0.29) is 48.5 Å². The second-order valence-electron chi connectivity index (χ2n) is 9.14. The van der Waals surface area contributed by atoms with Gasteiger partial charge in [0.15, 0.2) is 0 Å². The van der Waals surface area contributed by atoms with Crippen molar-refractivity contribution in [3.8, 4) is 11.1 Å². The molecular weight excluding hydrogens is 689 g/mol. The number of sulfonamides is 2. The molecule has 4 N–H and O–H groups in total. The Hall–Kier alpha value is -2.31. The fourth-order valence-electron chi connectivity index (χ4n) is 4.40. The summed E-state index contributed by atoms with van der Waals surface area (Å²) in [6, 6.07) is 5.21. The molecule has 0 spiro atoms. The van der Waals surface area contributed by atoms with Crippen LogP contribution in [0, 0.1) is 0 Å². The zero-order valence-corrected chi connectivity index (χ0v) is 26.9. The first-order chi connectivity index (χ1) is 19.8. The molecule has 0 unspecified atom stereocenters. The first kappa shape index (κ1) is 31.1. The Labute approximate surface area is 265 Å². The van der Waals surface area contributed by atoms with Crippen LogP contribution in [-0.4, -0.2) is 50.9 Å². The van der Waals surface area contributed by atoms with Gasteiger partial charge in [0.05, 0.1) is 32.1 Å². The normalized spacial score (nSPS) is 15.6. The largest absolute Gasteiger partial charge is 0.342 e. The standard InChI is InChI=1S/C23H22Cl3N7O5S4/c24-15-11-16(25)22(42(37,38)31-23-30-29-18(40-23)12-19(34)32-7-2-1-3-8-32)21(26)20(15)14-10-13(41(27,35)36)4-5-17(14)33-28-6-9-39-33/h4-6,9-11,28H,1-3,7-8,12H2,(H,30,31)(H2,27,35,36). The van der Waals surface area contributed by atoms with E-state index in [1.54, 1.807) is 20.9 Å². The van der Waals surface area contributed by atoms with E-state index in [2.05, 4.69) is 20.3 Å². The van der Waals surface area contributed by atoms with Crippen molar-refractivity contribution < 1.29 is 21.6 Å². The SMILES string of the molecule is NS(=O)(=O)c1ccc(N2NC=CS2)c(-c2c(Cl)cc(Cl)c(S(=O)(=O)Nc3nnc(CC(=O)N4CCCCC4)s3)c2Cl)c1. The van der Waals surface area contributed by atoms with Crippen molar-refractivity contribution in [2.24, 2.45) is 5.14 Å². The van der Waals surface area contributed by atoms with Crippen LogP contribution in [0.2, 0.25) is 15.1 Å². The van der Waals surface area contributed by atoms with Crippen LogP contribution in [0.4, 0.5) is 10.8 Å². The Balaban J connectivity index is 1.50. The number of nitrogens with two attached hydrogens (primary N) is 1. The molecule has 19 heteroatoms. The molecule has 0 aliphatic carbocycles. The highest BCUT2D eigenvalue weighted by Gasteiger charge is 2.30. The summed E-state index contributed by atoms with van der Waals surface area (Å²) in [6.45, 7) is 1.36. The van der Waals surface area contributed by atoms with Gasteiger partial charge in [-0.15, -0.1) is 10.2 Å². The number of amides is 1. The molecule has 0 bridgehead atoms. The number of primary sulfonamides is 1. The Morgan fingerprint density at radius 2 is 1.79 bits per heavy atom. The van der Waals surface area contributed by atoms with Crippen molar-refractivity contribution in [2.75, 3.05) is 22.2 Å². The number of rotatable bonds is 8. The molecule has 3 aromatic rings. The molecule has 5 rings (SSSR count). The van der Waals surface area contributed by atoms with Gasteiger partial charge in [-0.05, 0) is 43.5 Å². The zero-order valence-electron chi connectivity index (χ0n) is 21.4. The highest BCUT2D eigenvalue weighted by atomic mass is 35.5. The third-order valence-corrected chi connectivity index (χ3v) is 11.6. The van der Waals surface area contributed by atoms with Crippen LogP contribution >= 0.6 is 58.1 Å². The van der Waals surface area contributed by atoms with Crippen molar-refractivity contribution in [3.63, 3.8) is 0 Å². The maximum Gasteiger partial charge on any atom is 0.266 e. The number of anilines is 2. The maximum absolute atomic E-state index is 13.6. The smallest absolute Gasteiger partial charge is 0.266 e. The number of carbonyl (C=O) groups is 1. The van der Waals surface area contributed by atoms with Gasteiger partial charge in [0, 0.05) is 47.8 Å². The summed E-state index contributed by atoms with van der Waals surface area (Å²) in [5.41, 5.74) is 3.54. The highest BCUT2D eigenvalue weighted by molar-refractivity contribution is 8.03. The van der Waals surface area contributed by atoms with Crippen LogP contribution in [-0.2, 0) is 31.3 Å².